The van der Waals surface area contributed by atoms with Crippen LogP contribution in [0.15, 0.2) is 24.4 Å². The Morgan fingerprint density at radius 3 is 2.39 bits per heavy atom. The highest BCUT2D eigenvalue weighted by molar-refractivity contribution is 6.62. The van der Waals surface area contributed by atoms with Gasteiger partial charge in [-0.25, -0.2) is 4.79 Å². The van der Waals surface area contributed by atoms with Crippen molar-refractivity contribution in [2.75, 3.05) is 0 Å². The molecule has 2 unspecified atom stereocenters. The van der Waals surface area contributed by atoms with Crippen molar-refractivity contribution < 1.29 is 18.8 Å². The third-order valence-corrected chi connectivity index (χ3v) is 6.88. The first kappa shape index (κ1) is 22.3. The minimum atomic E-state index is -0.486. The Hall–Kier alpha value is -1.86. The Balaban J connectivity index is 1.51. The second-order valence-corrected chi connectivity index (χ2v) is 11.0. The standard InChI is InChI=1S/C24H35BN2O4/c1-22(2,3)29-21(28)27-18-9-8-10-19(27)14-16(13-18)20-12-11-17(15-26-20)25-30-23(4,5)24(6,7)31-25/h11-13,15,18-19H,8-10,14H2,1-7H3. The summed E-state index contributed by atoms with van der Waals surface area (Å²) in [5.41, 5.74) is 1.86. The summed E-state index contributed by atoms with van der Waals surface area (Å²) in [7, 11) is -0.408. The predicted octanol–water partition coefficient (Wildman–Crippen LogP) is 4.33. The van der Waals surface area contributed by atoms with Crippen molar-refractivity contribution in [3.05, 3.63) is 30.1 Å². The zero-order valence-corrected chi connectivity index (χ0v) is 19.9. The van der Waals surface area contributed by atoms with Crippen molar-refractivity contribution >= 4 is 24.2 Å². The molecule has 7 heteroatoms. The van der Waals surface area contributed by atoms with Crippen LogP contribution in [0.1, 0.15) is 79.8 Å². The van der Waals surface area contributed by atoms with Gasteiger partial charge in [-0.2, -0.15) is 0 Å². The maximum atomic E-state index is 12.8. The lowest BCUT2D eigenvalue weighted by atomic mass is 9.79. The number of hydrogen-bond donors (Lipinski definition) is 0. The number of carbonyl (C=O) groups is 1. The molecule has 1 amide bonds. The molecule has 0 aromatic carbocycles. The van der Waals surface area contributed by atoms with E-state index >= 15 is 0 Å². The Morgan fingerprint density at radius 2 is 1.84 bits per heavy atom. The van der Waals surface area contributed by atoms with Gasteiger partial charge >= 0.3 is 13.2 Å². The van der Waals surface area contributed by atoms with E-state index in [0.29, 0.717) is 0 Å². The molecule has 1 aromatic rings. The van der Waals surface area contributed by atoms with Gasteiger partial charge in [0, 0.05) is 17.7 Å². The van der Waals surface area contributed by atoms with Crippen LogP contribution in [-0.4, -0.2) is 52.0 Å². The topological polar surface area (TPSA) is 60.9 Å². The Labute approximate surface area is 186 Å². The molecule has 0 N–H and O–H groups in total. The van der Waals surface area contributed by atoms with E-state index in [1.54, 1.807) is 0 Å². The van der Waals surface area contributed by atoms with E-state index in [0.717, 1.165) is 36.8 Å². The number of aromatic nitrogens is 1. The number of hydrogen-bond acceptors (Lipinski definition) is 5. The van der Waals surface area contributed by atoms with Gasteiger partial charge < -0.3 is 14.0 Å². The van der Waals surface area contributed by atoms with Crippen molar-refractivity contribution in [2.24, 2.45) is 0 Å². The van der Waals surface area contributed by atoms with Gasteiger partial charge in [0.25, 0.3) is 0 Å². The summed E-state index contributed by atoms with van der Waals surface area (Å²) in [4.78, 5) is 19.5. The number of carbonyl (C=O) groups excluding carboxylic acids is 1. The second kappa shape index (κ2) is 7.63. The maximum Gasteiger partial charge on any atom is 0.496 e. The van der Waals surface area contributed by atoms with E-state index < -0.39 is 12.7 Å². The van der Waals surface area contributed by atoms with E-state index in [-0.39, 0.29) is 29.4 Å². The van der Waals surface area contributed by atoms with Gasteiger partial charge in [-0.05, 0) is 85.8 Å². The first-order chi connectivity index (χ1) is 14.4. The zero-order valence-electron chi connectivity index (χ0n) is 19.9. The number of piperidine rings is 1. The summed E-state index contributed by atoms with van der Waals surface area (Å²) >= 11 is 0. The molecule has 31 heavy (non-hydrogen) atoms. The summed E-state index contributed by atoms with van der Waals surface area (Å²) in [5, 5.41) is 0. The molecule has 0 saturated carbocycles. The molecule has 2 bridgehead atoms. The lowest BCUT2D eigenvalue weighted by Crippen LogP contribution is -2.53. The Morgan fingerprint density at radius 1 is 1.16 bits per heavy atom. The van der Waals surface area contributed by atoms with Crippen LogP contribution >= 0.6 is 0 Å². The van der Waals surface area contributed by atoms with Crippen molar-refractivity contribution in [1.29, 1.82) is 0 Å². The van der Waals surface area contributed by atoms with Crippen molar-refractivity contribution in [3.63, 3.8) is 0 Å². The SMILES string of the molecule is CC(C)(C)OC(=O)N1C2C=C(c3ccc(B4OC(C)(C)C(C)(C)O4)cn3)CC1CCC2. The Kier molecular flexibility index (Phi) is 5.50. The molecule has 2 atom stereocenters. The van der Waals surface area contributed by atoms with Gasteiger partial charge in [0.05, 0.1) is 22.9 Å². The average molecular weight is 426 g/mol. The minimum Gasteiger partial charge on any atom is -0.444 e. The highest BCUT2D eigenvalue weighted by atomic mass is 16.7. The third kappa shape index (κ3) is 4.40. The van der Waals surface area contributed by atoms with Crippen molar-refractivity contribution in [2.45, 2.75) is 103 Å². The first-order valence-electron chi connectivity index (χ1n) is 11.4. The predicted molar refractivity (Wildman–Crippen MR) is 122 cm³/mol. The second-order valence-electron chi connectivity index (χ2n) is 11.0. The van der Waals surface area contributed by atoms with Crippen LogP contribution in [0.5, 0.6) is 0 Å². The number of pyridine rings is 1. The largest absolute Gasteiger partial charge is 0.496 e. The van der Waals surface area contributed by atoms with Crippen LogP contribution in [-0.2, 0) is 14.0 Å². The average Bonchev–Trinajstić information content (AvgIpc) is 2.87. The normalized spacial score (nSPS) is 27.1. The van der Waals surface area contributed by atoms with Gasteiger partial charge in [-0.3, -0.25) is 9.88 Å². The molecule has 2 saturated heterocycles. The van der Waals surface area contributed by atoms with E-state index in [2.05, 4.69) is 33.8 Å². The van der Waals surface area contributed by atoms with E-state index in [9.17, 15) is 4.79 Å². The molecule has 1 aromatic heterocycles. The van der Waals surface area contributed by atoms with Crippen LogP contribution in [0.2, 0.25) is 0 Å². The maximum absolute atomic E-state index is 12.8. The molecule has 6 nitrogen and oxygen atoms in total. The number of amides is 1. The molecule has 2 fully saturated rings. The fourth-order valence-corrected chi connectivity index (χ4v) is 4.53. The van der Waals surface area contributed by atoms with Gasteiger partial charge in [-0.1, -0.05) is 12.1 Å². The van der Waals surface area contributed by atoms with Crippen LogP contribution in [0, 0.1) is 0 Å². The fourth-order valence-electron chi connectivity index (χ4n) is 4.53. The highest BCUT2D eigenvalue weighted by Crippen LogP contribution is 2.38. The molecular weight excluding hydrogens is 391 g/mol. The van der Waals surface area contributed by atoms with Crippen molar-refractivity contribution in [1.82, 2.24) is 9.88 Å². The van der Waals surface area contributed by atoms with E-state index in [1.165, 1.54) is 5.57 Å². The summed E-state index contributed by atoms with van der Waals surface area (Å²) < 4.78 is 18.0. The molecule has 0 spiro atoms. The number of fused-ring (bicyclic) bond motifs is 2. The summed E-state index contributed by atoms with van der Waals surface area (Å²) in [6.45, 7) is 14.0. The Bertz CT molecular complexity index is 857. The minimum absolute atomic E-state index is 0.0712. The van der Waals surface area contributed by atoms with Gasteiger partial charge in [0.15, 0.2) is 0 Å². The van der Waals surface area contributed by atoms with Gasteiger partial charge in [0.2, 0.25) is 0 Å². The summed E-state index contributed by atoms with van der Waals surface area (Å²) in [6.07, 6.45) is 7.75. The summed E-state index contributed by atoms with van der Waals surface area (Å²) in [6, 6.07) is 4.33. The molecule has 3 aliphatic rings. The molecule has 4 rings (SSSR count). The van der Waals surface area contributed by atoms with E-state index in [1.807, 2.05) is 44.0 Å². The first-order valence-corrected chi connectivity index (χ1v) is 11.4. The number of ether oxygens (including phenoxy) is 1. The van der Waals surface area contributed by atoms with E-state index in [4.69, 9.17) is 19.0 Å². The fraction of sp³-hybridized carbons (Fsp3) is 0.667. The van der Waals surface area contributed by atoms with Crippen LogP contribution in [0.25, 0.3) is 5.57 Å². The van der Waals surface area contributed by atoms with Gasteiger partial charge in [0.1, 0.15) is 5.60 Å². The molecule has 4 heterocycles. The van der Waals surface area contributed by atoms with Crippen LogP contribution in [0.3, 0.4) is 0 Å². The number of nitrogens with zero attached hydrogens (tertiary/aromatic N) is 2. The molecule has 168 valence electrons. The van der Waals surface area contributed by atoms with Crippen LogP contribution in [0.4, 0.5) is 4.79 Å². The van der Waals surface area contributed by atoms with Crippen LogP contribution < -0.4 is 5.46 Å². The smallest absolute Gasteiger partial charge is 0.444 e. The third-order valence-electron chi connectivity index (χ3n) is 6.88. The monoisotopic (exact) mass is 426 g/mol. The lowest BCUT2D eigenvalue weighted by molar-refractivity contribution is 0.0000618. The summed E-state index contributed by atoms with van der Waals surface area (Å²) in [5.74, 6) is 0. The lowest BCUT2D eigenvalue weighted by Gasteiger charge is -2.45. The molecule has 3 aliphatic heterocycles. The highest BCUT2D eigenvalue weighted by Gasteiger charge is 2.51. The number of rotatable bonds is 2. The molecule has 0 aliphatic carbocycles. The molecule has 0 radical (unpaired) electrons. The van der Waals surface area contributed by atoms with Crippen molar-refractivity contribution in [3.8, 4) is 0 Å². The quantitative estimate of drug-likeness (QED) is 0.659. The van der Waals surface area contributed by atoms with Gasteiger partial charge in [-0.15, -0.1) is 0 Å². The zero-order chi connectivity index (χ0) is 22.6. The molecular formula is C24H35BN2O4.